The third-order valence-electron chi connectivity index (χ3n) is 3.45. The number of rotatable bonds is 1. The second-order valence-electron chi connectivity index (χ2n) is 4.45. The topological polar surface area (TPSA) is 46.2 Å². The number of Topliss-reactive ketones (excluding diaryl/α,β-unsaturated/α-hetero) is 2. The van der Waals surface area contributed by atoms with Crippen LogP contribution in [-0.4, -0.2) is 18.6 Å². The van der Waals surface area contributed by atoms with Gasteiger partial charge in [0.25, 0.3) is 0 Å². The summed E-state index contributed by atoms with van der Waals surface area (Å²) in [5.74, 6) is -0.0758. The molecule has 0 atom stereocenters. The molecule has 0 amide bonds. The zero-order chi connectivity index (χ0) is 12.7. The summed E-state index contributed by atoms with van der Waals surface area (Å²) in [6.07, 6.45) is 5.42. The van der Waals surface area contributed by atoms with E-state index in [0.29, 0.717) is 22.3 Å². The Hall–Kier alpha value is -2.16. The molecular weight excluding hydrogens is 226 g/mol. The molecule has 1 aromatic rings. The van der Waals surface area contributed by atoms with Gasteiger partial charge >= 0.3 is 0 Å². The summed E-state index contributed by atoms with van der Waals surface area (Å²) in [5.41, 5.74) is 2.89. The van der Waals surface area contributed by atoms with Crippen LogP contribution in [0.4, 0.5) is 5.69 Å². The number of anilines is 1. The molecular formula is C15H13NO2. The average Bonchev–Trinajstić information content (AvgIpc) is 2.44. The van der Waals surface area contributed by atoms with Crippen molar-refractivity contribution in [1.29, 1.82) is 0 Å². The summed E-state index contributed by atoms with van der Waals surface area (Å²) in [6, 6.07) is 5.35. The summed E-state index contributed by atoms with van der Waals surface area (Å²) in [5, 5.41) is 2.98. The lowest BCUT2D eigenvalue weighted by atomic mass is 9.78. The van der Waals surface area contributed by atoms with Gasteiger partial charge in [-0.25, -0.2) is 0 Å². The fraction of sp³-hybridized carbons (Fsp3) is 0.200. The van der Waals surface area contributed by atoms with E-state index in [2.05, 4.69) is 5.32 Å². The number of nitrogens with one attached hydrogen (secondary N) is 1. The Morgan fingerprint density at radius 1 is 1.00 bits per heavy atom. The smallest absolute Gasteiger partial charge is 0.196 e. The Morgan fingerprint density at radius 3 is 2.33 bits per heavy atom. The molecule has 1 N–H and O–H groups in total. The predicted molar refractivity (Wildman–Crippen MR) is 70.0 cm³/mol. The fourth-order valence-corrected chi connectivity index (χ4v) is 2.58. The van der Waals surface area contributed by atoms with Crippen LogP contribution in [0.2, 0.25) is 0 Å². The molecule has 3 heteroatoms. The number of hydrogen-bond acceptors (Lipinski definition) is 3. The molecule has 90 valence electrons. The molecule has 2 aliphatic carbocycles. The second kappa shape index (κ2) is 3.95. The van der Waals surface area contributed by atoms with Crippen molar-refractivity contribution in [2.75, 3.05) is 12.4 Å². The van der Waals surface area contributed by atoms with Crippen LogP contribution in [-0.2, 0) is 0 Å². The molecule has 3 rings (SSSR count). The highest BCUT2D eigenvalue weighted by atomic mass is 16.1. The van der Waals surface area contributed by atoms with Gasteiger partial charge in [-0.15, -0.1) is 0 Å². The van der Waals surface area contributed by atoms with Gasteiger partial charge in [0.2, 0.25) is 0 Å². The van der Waals surface area contributed by atoms with E-state index >= 15 is 0 Å². The molecule has 1 aromatic carbocycles. The molecule has 0 radical (unpaired) electrons. The van der Waals surface area contributed by atoms with E-state index in [1.54, 1.807) is 19.2 Å². The normalized spacial score (nSPS) is 17.6. The van der Waals surface area contributed by atoms with E-state index in [0.717, 1.165) is 18.5 Å². The monoisotopic (exact) mass is 239 g/mol. The molecule has 0 saturated carbocycles. The number of carbonyl (C=O) groups is 2. The van der Waals surface area contributed by atoms with Crippen LogP contribution in [0, 0.1) is 0 Å². The van der Waals surface area contributed by atoms with Gasteiger partial charge in [-0.1, -0.05) is 24.3 Å². The Bertz CT molecular complexity index is 623. The Labute approximate surface area is 105 Å². The van der Waals surface area contributed by atoms with Crippen molar-refractivity contribution in [2.24, 2.45) is 0 Å². The van der Waals surface area contributed by atoms with Crippen LogP contribution in [0.15, 0.2) is 41.5 Å². The van der Waals surface area contributed by atoms with E-state index < -0.39 is 0 Å². The maximum Gasteiger partial charge on any atom is 0.196 e. The van der Waals surface area contributed by atoms with Crippen LogP contribution in [0.5, 0.6) is 0 Å². The van der Waals surface area contributed by atoms with Crippen LogP contribution in [0.1, 0.15) is 33.6 Å². The SMILES string of the molecule is CNc1cccc2c1C(=O)C1=CCCC=C1C2=O. The van der Waals surface area contributed by atoms with Gasteiger partial charge in [-0.2, -0.15) is 0 Å². The summed E-state index contributed by atoms with van der Waals surface area (Å²) in [4.78, 5) is 24.9. The first-order valence-corrected chi connectivity index (χ1v) is 6.05. The van der Waals surface area contributed by atoms with Gasteiger partial charge in [0.1, 0.15) is 0 Å². The average molecular weight is 239 g/mol. The van der Waals surface area contributed by atoms with E-state index in [-0.39, 0.29) is 11.6 Å². The first-order chi connectivity index (χ1) is 8.74. The molecule has 0 bridgehead atoms. The minimum absolute atomic E-state index is 0.0346. The predicted octanol–water partition coefficient (Wildman–Crippen LogP) is 2.75. The Balaban J connectivity index is 2.30. The summed E-state index contributed by atoms with van der Waals surface area (Å²) in [7, 11) is 1.76. The third-order valence-corrected chi connectivity index (χ3v) is 3.45. The molecule has 0 unspecified atom stereocenters. The van der Waals surface area contributed by atoms with E-state index in [1.165, 1.54) is 0 Å². The van der Waals surface area contributed by atoms with Crippen molar-refractivity contribution < 1.29 is 9.59 Å². The highest BCUT2D eigenvalue weighted by molar-refractivity contribution is 6.32. The third kappa shape index (κ3) is 1.37. The first kappa shape index (κ1) is 11.0. The lowest BCUT2D eigenvalue weighted by molar-refractivity contribution is 0.0972. The van der Waals surface area contributed by atoms with Crippen LogP contribution in [0.25, 0.3) is 0 Å². The first-order valence-electron chi connectivity index (χ1n) is 6.05. The molecule has 2 aliphatic rings. The molecule has 0 aliphatic heterocycles. The van der Waals surface area contributed by atoms with E-state index in [9.17, 15) is 9.59 Å². The lowest BCUT2D eigenvalue weighted by Crippen LogP contribution is -2.25. The Kier molecular flexibility index (Phi) is 2.40. The van der Waals surface area contributed by atoms with Gasteiger partial charge in [0, 0.05) is 29.4 Å². The fourth-order valence-electron chi connectivity index (χ4n) is 2.58. The lowest BCUT2D eigenvalue weighted by Gasteiger charge is -2.23. The second-order valence-corrected chi connectivity index (χ2v) is 4.45. The van der Waals surface area contributed by atoms with Crippen molar-refractivity contribution >= 4 is 17.3 Å². The number of carbonyl (C=O) groups excluding carboxylic acids is 2. The minimum Gasteiger partial charge on any atom is -0.388 e. The Morgan fingerprint density at radius 2 is 1.67 bits per heavy atom. The standard InChI is InChI=1S/C15H13NO2/c1-16-12-8-4-7-11-13(12)15(18)10-6-3-2-5-9(10)14(11)17/h4-8,16H,2-3H2,1H3. The maximum atomic E-state index is 12.5. The summed E-state index contributed by atoms with van der Waals surface area (Å²) < 4.78 is 0. The van der Waals surface area contributed by atoms with Crippen molar-refractivity contribution in [3.8, 4) is 0 Å². The molecule has 0 saturated heterocycles. The van der Waals surface area contributed by atoms with Crippen molar-refractivity contribution in [1.82, 2.24) is 0 Å². The zero-order valence-corrected chi connectivity index (χ0v) is 10.1. The minimum atomic E-state index is -0.0412. The van der Waals surface area contributed by atoms with Crippen molar-refractivity contribution in [2.45, 2.75) is 12.8 Å². The summed E-state index contributed by atoms with van der Waals surface area (Å²) in [6.45, 7) is 0. The van der Waals surface area contributed by atoms with Crippen LogP contribution >= 0.6 is 0 Å². The maximum absolute atomic E-state index is 12.5. The highest BCUT2D eigenvalue weighted by Crippen LogP contribution is 2.35. The highest BCUT2D eigenvalue weighted by Gasteiger charge is 2.34. The number of allylic oxidation sites excluding steroid dienone is 4. The summed E-state index contributed by atoms with van der Waals surface area (Å²) >= 11 is 0. The van der Waals surface area contributed by atoms with Gasteiger partial charge in [-0.05, 0) is 18.9 Å². The van der Waals surface area contributed by atoms with Gasteiger partial charge < -0.3 is 5.32 Å². The molecule has 0 aromatic heterocycles. The molecule has 18 heavy (non-hydrogen) atoms. The van der Waals surface area contributed by atoms with Crippen molar-refractivity contribution in [3.63, 3.8) is 0 Å². The molecule has 0 spiro atoms. The number of ketones is 2. The van der Waals surface area contributed by atoms with Crippen LogP contribution in [0.3, 0.4) is 0 Å². The quantitative estimate of drug-likeness (QED) is 0.819. The largest absolute Gasteiger partial charge is 0.388 e. The van der Waals surface area contributed by atoms with Gasteiger partial charge in [0.05, 0.1) is 5.56 Å². The number of fused-ring (bicyclic) bond motifs is 2. The molecule has 0 fully saturated rings. The van der Waals surface area contributed by atoms with Gasteiger partial charge in [0.15, 0.2) is 11.6 Å². The molecule has 3 nitrogen and oxygen atoms in total. The number of benzene rings is 1. The zero-order valence-electron chi connectivity index (χ0n) is 10.1. The van der Waals surface area contributed by atoms with E-state index in [1.807, 2.05) is 18.2 Å². The van der Waals surface area contributed by atoms with Crippen LogP contribution < -0.4 is 5.32 Å². The van der Waals surface area contributed by atoms with Gasteiger partial charge in [-0.3, -0.25) is 9.59 Å². The molecule has 0 heterocycles. The number of hydrogen-bond donors (Lipinski definition) is 1. The van der Waals surface area contributed by atoms with Crippen molar-refractivity contribution in [3.05, 3.63) is 52.6 Å². The van der Waals surface area contributed by atoms with E-state index in [4.69, 9.17) is 0 Å².